The van der Waals surface area contributed by atoms with Gasteiger partial charge in [-0.05, 0) is 12.1 Å². The fourth-order valence-electron chi connectivity index (χ4n) is 1.55. The molecule has 1 aromatic heterocycles. The summed E-state index contributed by atoms with van der Waals surface area (Å²) in [5, 5.41) is 0. The van der Waals surface area contributed by atoms with Crippen LogP contribution < -0.4 is 11.5 Å². The van der Waals surface area contributed by atoms with Crippen LogP contribution in [0.4, 0.5) is 0 Å². The summed E-state index contributed by atoms with van der Waals surface area (Å²) in [5.74, 6) is -0.929. The number of nitrogens with zero attached hydrogens (tertiary/aromatic N) is 1. The molecule has 0 saturated heterocycles. The molecule has 104 valence electrons. The molecule has 1 atom stereocenters. The molecule has 0 aliphatic rings. The Bertz CT molecular complexity index is 475. The van der Waals surface area contributed by atoms with Crippen LogP contribution in [0.3, 0.4) is 0 Å². The van der Waals surface area contributed by atoms with E-state index < -0.39 is 11.9 Å². The van der Waals surface area contributed by atoms with Crippen LogP contribution in [-0.4, -0.2) is 29.3 Å². The molecule has 1 aromatic rings. The molecule has 0 radical (unpaired) electrons. The third-order valence-electron chi connectivity index (χ3n) is 2.38. The molecule has 0 fully saturated rings. The van der Waals surface area contributed by atoms with Crippen molar-refractivity contribution < 1.29 is 9.59 Å². The van der Waals surface area contributed by atoms with Crippen LogP contribution in [0.25, 0.3) is 0 Å². The smallest absolute Gasteiger partial charge is 0.240 e. The predicted octanol–water partition coefficient (Wildman–Crippen LogP) is 1.12. The maximum atomic E-state index is 12.1. The summed E-state index contributed by atoms with van der Waals surface area (Å²) >= 11 is 7.23. The molecule has 0 aliphatic heterocycles. The average Bonchev–Trinajstić information content (AvgIpc) is 2.72. The lowest BCUT2D eigenvalue weighted by atomic mass is 10.2. The summed E-state index contributed by atoms with van der Waals surface area (Å²) in [4.78, 5) is 25.3. The Labute approximate surface area is 120 Å². The van der Waals surface area contributed by atoms with Crippen LogP contribution in [0.2, 0.25) is 4.34 Å². The van der Waals surface area contributed by atoms with Crippen molar-refractivity contribution in [3.63, 3.8) is 0 Å². The highest BCUT2D eigenvalue weighted by Crippen LogP contribution is 2.22. The maximum absolute atomic E-state index is 12.1. The van der Waals surface area contributed by atoms with Crippen molar-refractivity contribution in [3.05, 3.63) is 34.0 Å². The van der Waals surface area contributed by atoms with Crippen LogP contribution in [0, 0.1) is 0 Å². The van der Waals surface area contributed by atoms with Crippen molar-refractivity contribution in [2.24, 2.45) is 11.5 Å². The van der Waals surface area contributed by atoms with Crippen LogP contribution >= 0.6 is 22.9 Å². The number of primary amides is 1. The van der Waals surface area contributed by atoms with E-state index in [1.807, 2.05) is 6.07 Å². The number of rotatable bonds is 7. The van der Waals surface area contributed by atoms with Crippen LogP contribution in [0.1, 0.15) is 11.3 Å². The second kappa shape index (κ2) is 7.28. The lowest BCUT2D eigenvalue weighted by Gasteiger charge is -2.23. The summed E-state index contributed by atoms with van der Waals surface area (Å²) in [6.07, 6.45) is 1.43. The van der Waals surface area contributed by atoms with Gasteiger partial charge in [0.1, 0.15) is 0 Å². The monoisotopic (exact) mass is 301 g/mol. The van der Waals surface area contributed by atoms with Crippen molar-refractivity contribution in [2.75, 3.05) is 6.54 Å². The summed E-state index contributed by atoms with van der Waals surface area (Å²) < 4.78 is 0.655. The summed E-state index contributed by atoms with van der Waals surface area (Å²) in [5.41, 5.74) is 10.7. The van der Waals surface area contributed by atoms with Crippen molar-refractivity contribution in [2.45, 2.75) is 19.0 Å². The fourth-order valence-corrected chi connectivity index (χ4v) is 2.65. The standard InChI is InChI=1S/C12H16ClN3O2S/c1-2-5-16(7-8-3-4-10(13)19-8)12(18)9(14)6-11(15)17/h2-4,9H,1,5-7,14H2,(H2,15,17). The third-order valence-corrected chi connectivity index (χ3v) is 3.59. The minimum atomic E-state index is -0.923. The SMILES string of the molecule is C=CCN(Cc1ccc(Cl)s1)C(=O)C(N)CC(N)=O. The molecule has 0 bridgehead atoms. The van der Waals surface area contributed by atoms with Gasteiger partial charge in [0.2, 0.25) is 11.8 Å². The first kappa shape index (κ1) is 15.7. The van der Waals surface area contributed by atoms with Crippen molar-refractivity contribution in [3.8, 4) is 0 Å². The lowest BCUT2D eigenvalue weighted by Crippen LogP contribution is -2.45. The average molecular weight is 302 g/mol. The van der Waals surface area contributed by atoms with Gasteiger partial charge in [0, 0.05) is 11.4 Å². The minimum Gasteiger partial charge on any atom is -0.370 e. The number of hydrogen-bond acceptors (Lipinski definition) is 4. The van der Waals surface area contributed by atoms with Gasteiger partial charge in [0.05, 0.1) is 23.3 Å². The number of thiophene rings is 1. The molecule has 19 heavy (non-hydrogen) atoms. The zero-order chi connectivity index (χ0) is 14.4. The van der Waals surface area contributed by atoms with Crippen LogP contribution in [0.5, 0.6) is 0 Å². The third kappa shape index (κ3) is 5.02. The zero-order valence-corrected chi connectivity index (χ0v) is 11.9. The molecule has 4 N–H and O–H groups in total. The van der Waals surface area contributed by atoms with Gasteiger partial charge in [0.25, 0.3) is 0 Å². The highest BCUT2D eigenvalue weighted by atomic mass is 35.5. The number of halogens is 1. The Hall–Kier alpha value is -1.37. The molecule has 0 spiro atoms. The number of hydrogen-bond donors (Lipinski definition) is 2. The fraction of sp³-hybridized carbons (Fsp3) is 0.333. The zero-order valence-electron chi connectivity index (χ0n) is 10.3. The molecular weight excluding hydrogens is 286 g/mol. The molecular formula is C12H16ClN3O2S. The van der Waals surface area contributed by atoms with Crippen LogP contribution in [-0.2, 0) is 16.1 Å². The van der Waals surface area contributed by atoms with E-state index in [1.54, 1.807) is 12.1 Å². The summed E-state index contributed by atoms with van der Waals surface area (Å²) in [7, 11) is 0. The quantitative estimate of drug-likeness (QED) is 0.740. The second-order valence-corrected chi connectivity index (χ2v) is 5.79. The lowest BCUT2D eigenvalue weighted by molar-refractivity contribution is -0.134. The van der Waals surface area contributed by atoms with E-state index in [-0.39, 0.29) is 12.3 Å². The Morgan fingerprint density at radius 3 is 2.68 bits per heavy atom. The Morgan fingerprint density at radius 1 is 1.53 bits per heavy atom. The first-order chi connectivity index (χ1) is 8.93. The Kier molecular flexibility index (Phi) is 6.01. The molecule has 2 amide bonds. The molecule has 1 heterocycles. The number of nitrogens with two attached hydrogens (primary N) is 2. The molecule has 0 aromatic carbocycles. The molecule has 5 nitrogen and oxygen atoms in total. The van der Waals surface area contributed by atoms with Gasteiger partial charge in [0.15, 0.2) is 0 Å². The van der Waals surface area contributed by atoms with Crippen LogP contribution in [0.15, 0.2) is 24.8 Å². The first-order valence-corrected chi connectivity index (χ1v) is 6.81. The normalized spacial score (nSPS) is 11.9. The van der Waals surface area contributed by atoms with Gasteiger partial charge in [-0.1, -0.05) is 17.7 Å². The van der Waals surface area contributed by atoms with E-state index in [9.17, 15) is 9.59 Å². The Morgan fingerprint density at radius 2 is 2.21 bits per heavy atom. The van der Waals surface area contributed by atoms with Gasteiger partial charge in [-0.2, -0.15) is 0 Å². The summed E-state index contributed by atoms with van der Waals surface area (Å²) in [6, 6.07) is 2.69. The van der Waals surface area contributed by atoms with Gasteiger partial charge in [-0.3, -0.25) is 9.59 Å². The molecule has 0 saturated carbocycles. The molecule has 7 heteroatoms. The molecule has 0 aliphatic carbocycles. The first-order valence-electron chi connectivity index (χ1n) is 5.61. The van der Waals surface area contributed by atoms with Gasteiger partial charge in [-0.15, -0.1) is 17.9 Å². The van der Waals surface area contributed by atoms with E-state index >= 15 is 0 Å². The number of carbonyl (C=O) groups excluding carboxylic acids is 2. The highest BCUT2D eigenvalue weighted by molar-refractivity contribution is 7.16. The van der Waals surface area contributed by atoms with Crippen molar-refractivity contribution >= 4 is 34.8 Å². The maximum Gasteiger partial charge on any atom is 0.240 e. The highest BCUT2D eigenvalue weighted by Gasteiger charge is 2.22. The van der Waals surface area contributed by atoms with E-state index in [2.05, 4.69) is 6.58 Å². The number of carbonyl (C=O) groups is 2. The largest absolute Gasteiger partial charge is 0.370 e. The summed E-state index contributed by atoms with van der Waals surface area (Å²) in [6.45, 7) is 4.33. The predicted molar refractivity (Wildman–Crippen MR) is 76.7 cm³/mol. The van der Waals surface area contributed by atoms with E-state index in [0.29, 0.717) is 17.4 Å². The van der Waals surface area contributed by atoms with Gasteiger partial charge < -0.3 is 16.4 Å². The second-order valence-electron chi connectivity index (χ2n) is 3.99. The van der Waals surface area contributed by atoms with Gasteiger partial charge >= 0.3 is 0 Å². The van der Waals surface area contributed by atoms with Gasteiger partial charge in [-0.25, -0.2) is 0 Å². The topological polar surface area (TPSA) is 89.4 Å². The van der Waals surface area contributed by atoms with E-state index in [0.717, 1.165) is 4.88 Å². The molecule has 1 unspecified atom stereocenters. The Balaban J connectivity index is 2.73. The van der Waals surface area contributed by atoms with Crippen molar-refractivity contribution in [1.29, 1.82) is 0 Å². The minimum absolute atomic E-state index is 0.169. The van der Waals surface area contributed by atoms with E-state index in [1.165, 1.54) is 16.2 Å². The molecule has 1 rings (SSSR count). The van der Waals surface area contributed by atoms with E-state index in [4.69, 9.17) is 23.1 Å². The van der Waals surface area contributed by atoms with Crippen molar-refractivity contribution in [1.82, 2.24) is 4.90 Å². The number of amides is 2.